The second-order valence-corrected chi connectivity index (χ2v) is 8.02. The van der Waals surface area contributed by atoms with Gasteiger partial charge in [-0.2, -0.15) is 0 Å². The monoisotopic (exact) mass is 420 g/mol. The third-order valence-electron chi connectivity index (χ3n) is 5.96. The minimum Gasteiger partial charge on any atom is -0.481 e. The number of nitrogens with zero attached hydrogens (tertiary/aromatic N) is 1. The minimum absolute atomic E-state index is 0.0214. The van der Waals surface area contributed by atoms with Crippen molar-refractivity contribution in [2.45, 2.75) is 25.3 Å². The third-order valence-corrected chi connectivity index (χ3v) is 5.96. The first-order valence-corrected chi connectivity index (χ1v) is 10.4. The maximum absolute atomic E-state index is 13.8. The fraction of sp³-hybridized carbons (Fsp3) is 0.240. The van der Waals surface area contributed by atoms with Crippen molar-refractivity contribution in [2.24, 2.45) is 0 Å². The first-order valence-electron chi connectivity index (χ1n) is 10.4. The number of carbonyl (C=O) groups excluding carboxylic acids is 1. The number of rotatable bonds is 5. The molecule has 4 nitrogen and oxygen atoms in total. The Morgan fingerprint density at radius 2 is 1.74 bits per heavy atom. The first kappa shape index (κ1) is 19.5. The molecule has 0 saturated heterocycles. The van der Waals surface area contributed by atoms with E-state index in [1.807, 2.05) is 36.4 Å². The standard InChI is InChI=1S/C25H22F2N2O2/c1-29-22-12-11-18(24(16-5-6-16)25(22)31-14-23(29)30)15-7-9-17(10-8-15)28-13-19-20(26)3-2-4-21(19)27/h2-4,7-12,16,28H,5-6,13-14H2,1H3. The van der Waals surface area contributed by atoms with Crippen molar-refractivity contribution in [3.05, 3.63) is 77.4 Å². The molecule has 1 amide bonds. The Balaban J connectivity index is 1.42. The second-order valence-electron chi connectivity index (χ2n) is 8.02. The second kappa shape index (κ2) is 7.69. The average Bonchev–Trinajstić information content (AvgIpc) is 3.61. The lowest BCUT2D eigenvalue weighted by atomic mass is 9.94. The lowest BCUT2D eigenvalue weighted by Crippen LogP contribution is -2.35. The van der Waals surface area contributed by atoms with Crippen LogP contribution in [0.4, 0.5) is 20.2 Å². The van der Waals surface area contributed by atoms with E-state index in [1.165, 1.54) is 18.2 Å². The van der Waals surface area contributed by atoms with Crippen molar-refractivity contribution in [3.8, 4) is 16.9 Å². The van der Waals surface area contributed by atoms with E-state index >= 15 is 0 Å². The first-order chi connectivity index (χ1) is 15.0. The van der Waals surface area contributed by atoms with Crippen LogP contribution in [0, 0.1) is 11.6 Å². The fourth-order valence-electron chi connectivity index (χ4n) is 4.06. The summed E-state index contributed by atoms with van der Waals surface area (Å²) in [6.45, 7) is 0.125. The molecule has 0 spiro atoms. The molecule has 1 aliphatic heterocycles. The molecule has 5 rings (SSSR count). The lowest BCUT2D eigenvalue weighted by molar-refractivity contribution is -0.121. The van der Waals surface area contributed by atoms with Crippen LogP contribution >= 0.6 is 0 Å². The average molecular weight is 420 g/mol. The molecule has 1 heterocycles. The van der Waals surface area contributed by atoms with Gasteiger partial charge in [-0.1, -0.05) is 24.3 Å². The molecule has 0 radical (unpaired) electrons. The molecule has 1 N–H and O–H groups in total. The Bertz CT molecular complexity index is 1140. The summed E-state index contributed by atoms with van der Waals surface area (Å²) in [5, 5.41) is 3.08. The van der Waals surface area contributed by atoms with Crippen LogP contribution in [0.2, 0.25) is 0 Å². The van der Waals surface area contributed by atoms with E-state index in [0.717, 1.165) is 46.7 Å². The van der Waals surface area contributed by atoms with Crippen molar-refractivity contribution in [3.63, 3.8) is 0 Å². The van der Waals surface area contributed by atoms with Gasteiger partial charge in [-0.05, 0) is 60.2 Å². The van der Waals surface area contributed by atoms with Gasteiger partial charge >= 0.3 is 0 Å². The van der Waals surface area contributed by atoms with Gasteiger partial charge in [0.2, 0.25) is 0 Å². The summed E-state index contributed by atoms with van der Waals surface area (Å²) >= 11 is 0. The molecule has 31 heavy (non-hydrogen) atoms. The minimum atomic E-state index is -0.560. The molecule has 2 aliphatic rings. The molecule has 6 heteroatoms. The van der Waals surface area contributed by atoms with Crippen LogP contribution in [0.3, 0.4) is 0 Å². The number of ether oxygens (including phenoxy) is 1. The summed E-state index contributed by atoms with van der Waals surface area (Å²) in [5.74, 6) is 0.0721. The topological polar surface area (TPSA) is 41.6 Å². The number of carbonyl (C=O) groups is 1. The van der Waals surface area contributed by atoms with Gasteiger partial charge in [-0.15, -0.1) is 0 Å². The fourth-order valence-corrected chi connectivity index (χ4v) is 4.06. The van der Waals surface area contributed by atoms with E-state index in [1.54, 1.807) is 11.9 Å². The number of fused-ring (bicyclic) bond motifs is 1. The molecular formula is C25H22F2N2O2. The smallest absolute Gasteiger partial charge is 0.264 e. The van der Waals surface area contributed by atoms with Gasteiger partial charge in [0, 0.05) is 30.4 Å². The number of hydrogen-bond donors (Lipinski definition) is 1. The van der Waals surface area contributed by atoms with E-state index in [0.29, 0.717) is 5.92 Å². The number of halogens is 2. The van der Waals surface area contributed by atoms with Crippen molar-refractivity contribution >= 4 is 17.3 Å². The molecular weight excluding hydrogens is 398 g/mol. The summed E-state index contributed by atoms with van der Waals surface area (Å²) in [6.07, 6.45) is 2.22. The summed E-state index contributed by atoms with van der Waals surface area (Å²) < 4.78 is 33.5. The van der Waals surface area contributed by atoms with Crippen molar-refractivity contribution in [1.82, 2.24) is 0 Å². The molecule has 1 fully saturated rings. The van der Waals surface area contributed by atoms with Crippen LogP contribution < -0.4 is 15.0 Å². The van der Waals surface area contributed by atoms with Crippen LogP contribution in [0.5, 0.6) is 5.75 Å². The quantitative estimate of drug-likeness (QED) is 0.595. The van der Waals surface area contributed by atoms with Gasteiger partial charge in [0.05, 0.1) is 5.69 Å². The number of hydrogen-bond acceptors (Lipinski definition) is 3. The van der Waals surface area contributed by atoms with Gasteiger partial charge in [0.1, 0.15) is 17.4 Å². The van der Waals surface area contributed by atoms with Crippen LogP contribution in [0.25, 0.3) is 11.1 Å². The molecule has 0 bridgehead atoms. The third kappa shape index (κ3) is 3.63. The zero-order valence-electron chi connectivity index (χ0n) is 17.1. The number of anilines is 2. The van der Waals surface area contributed by atoms with Gasteiger partial charge in [0.25, 0.3) is 5.91 Å². The maximum Gasteiger partial charge on any atom is 0.264 e. The number of benzene rings is 3. The van der Waals surface area contributed by atoms with E-state index in [2.05, 4.69) is 5.32 Å². The summed E-state index contributed by atoms with van der Waals surface area (Å²) in [6, 6.07) is 15.6. The summed E-state index contributed by atoms with van der Waals surface area (Å²) in [5.41, 5.74) is 4.90. The molecule has 3 aromatic rings. The zero-order chi connectivity index (χ0) is 21.5. The molecule has 0 atom stereocenters. The van der Waals surface area contributed by atoms with Gasteiger partial charge < -0.3 is 15.0 Å². The molecule has 0 aromatic heterocycles. The molecule has 158 valence electrons. The number of likely N-dealkylation sites (N-methyl/N-ethyl adjacent to an activating group) is 1. The van der Waals surface area contributed by atoms with E-state index in [9.17, 15) is 13.6 Å². The summed E-state index contributed by atoms with van der Waals surface area (Å²) in [7, 11) is 1.78. The van der Waals surface area contributed by atoms with Gasteiger partial charge in [0.15, 0.2) is 6.61 Å². The summed E-state index contributed by atoms with van der Waals surface area (Å²) in [4.78, 5) is 13.7. The molecule has 3 aromatic carbocycles. The SMILES string of the molecule is CN1C(=O)COc2c1ccc(-c1ccc(NCc3c(F)cccc3F)cc1)c2C1CC1. The predicted molar refractivity (Wildman–Crippen MR) is 116 cm³/mol. The van der Waals surface area contributed by atoms with Crippen LogP contribution in [0.1, 0.15) is 29.9 Å². The van der Waals surface area contributed by atoms with E-state index in [4.69, 9.17) is 4.74 Å². The highest BCUT2D eigenvalue weighted by Gasteiger charge is 2.34. The van der Waals surface area contributed by atoms with E-state index < -0.39 is 11.6 Å². The Hall–Kier alpha value is -3.41. The molecule has 0 unspecified atom stereocenters. The van der Waals surface area contributed by atoms with Crippen molar-refractivity contribution in [2.75, 3.05) is 23.9 Å². The van der Waals surface area contributed by atoms with Crippen molar-refractivity contribution in [1.29, 1.82) is 0 Å². The zero-order valence-corrected chi connectivity index (χ0v) is 17.1. The molecule has 1 aliphatic carbocycles. The Labute approximate surface area is 179 Å². The number of amides is 1. The van der Waals surface area contributed by atoms with Gasteiger partial charge in [-0.25, -0.2) is 8.78 Å². The normalized spacial score (nSPS) is 15.5. The van der Waals surface area contributed by atoms with E-state index in [-0.39, 0.29) is 24.6 Å². The van der Waals surface area contributed by atoms with Crippen LogP contribution in [-0.2, 0) is 11.3 Å². The van der Waals surface area contributed by atoms with Gasteiger partial charge in [-0.3, -0.25) is 4.79 Å². The predicted octanol–water partition coefficient (Wildman–Crippen LogP) is 5.48. The Morgan fingerprint density at radius 3 is 2.42 bits per heavy atom. The Kier molecular flexibility index (Phi) is 4.85. The highest BCUT2D eigenvalue weighted by atomic mass is 19.1. The highest BCUT2D eigenvalue weighted by Crippen LogP contribution is 2.52. The highest BCUT2D eigenvalue weighted by molar-refractivity contribution is 5.98. The van der Waals surface area contributed by atoms with Crippen molar-refractivity contribution < 1.29 is 18.3 Å². The maximum atomic E-state index is 13.8. The number of nitrogens with one attached hydrogen (secondary N) is 1. The Morgan fingerprint density at radius 1 is 1.03 bits per heavy atom. The largest absolute Gasteiger partial charge is 0.481 e. The lowest BCUT2D eigenvalue weighted by Gasteiger charge is -2.29. The molecule has 1 saturated carbocycles. The van der Waals surface area contributed by atoms with Crippen LogP contribution in [-0.4, -0.2) is 19.6 Å². The van der Waals surface area contributed by atoms with Crippen LogP contribution in [0.15, 0.2) is 54.6 Å².